The maximum absolute atomic E-state index is 13.5. The van der Waals surface area contributed by atoms with Crippen molar-refractivity contribution in [2.24, 2.45) is 0 Å². The lowest BCUT2D eigenvalue weighted by Gasteiger charge is -2.11. The van der Waals surface area contributed by atoms with Crippen molar-refractivity contribution < 1.29 is 4.79 Å². The molecule has 2 aromatic carbocycles. The van der Waals surface area contributed by atoms with Gasteiger partial charge in [-0.25, -0.2) is 4.98 Å². The molecule has 2 aromatic heterocycles. The zero-order valence-electron chi connectivity index (χ0n) is 18.1. The Hall–Kier alpha value is -3.76. The molecule has 0 atom stereocenters. The molecule has 0 saturated carbocycles. The number of rotatable bonds is 5. The number of nitrogens with one attached hydrogen (secondary N) is 1. The van der Waals surface area contributed by atoms with Gasteiger partial charge in [0.2, 0.25) is 0 Å². The summed E-state index contributed by atoms with van der Waals surface area (Å²) in [6.45, 7) is 5.99. The number of benzene rings is 2. The third kappa shape index (κ3) is 3.93. The fraction of sp³-hybridized carbons (Fsp3) is 0.200. The topological polar surface area (TPSA) is 87.8 Å². The van der Waals surface area contributed by atoms with Crippen molar-refractivity contribution in [1.82, 2.24) is 9.55 Å². The van der Waals surface area contributed by atoms with Crippen molar-refractivity contribution in [3.05, 3.63) is 91.8 Å². The van der Waals surface area contributed by atoms with Crippen LogP contribution in [0.1, 0.15) is 44.7 Å². The van der Waals surface area contributed by atoms with E-state index in [2.05, 4.69) is 11.4 Å². The second-order valence-corrected chi connectivity index (χ2v) is 8.59. The van der Waals surface area contributed by atoms with Gasteiger partial charge in [-0.05, 0) is 48.7 Å². The predicted octanol–water partition coefficient (Wildman–Crippen LogP) is 4.81. The van der Waals surface area contributed by atoms with Gasteiger partial charge in [-0.3, -0.25) is 14.2 Å². The van der Waals surface area contributed by atoms with Crippen molar-refractivity contribution >= 4 is 33.1 Å². The van der Waals surface area contributed by atoms with E-state index in [-0.39, 0.29) is 11.5 Å². The van der Waals surface area contributed by atoms with E-state index >= 15 is 0 Å². The van der Waals surface area contributed by atoms with Crippen molar-refractivity contribution in [3.8, 4) is 6.07 Å². The fourth-order valence-electron chi connectivity index (χ4n) is 3.72. The lowest BCUT2D eigenvalue weighted by Crippen LogP contribution is -2.25. The van der Waals surface area contributed by atoms with Crippen LogP contribution in [0.4, 0.5) is 5.69 Å². The van der Waals surface area contributed by atoms with Crippen LogP contribution in [0, 0.1) is 25.2 Å². The Labute approximate surface area is 189 Å². The van der Waals surface area contributed by atoms with Gasteiger partial charge in [0.05, 0.1) is 28.4 Å². The van der Waals surface area contributed by atoms with Gasteiger partial charge in [0.25, 0.3) is 11.5 Å². The lowest BCUT2D eigenvalue weighted by atomic mass is 10.1. The number of hydrogen-bond donors (Lipinski definition) is 1. The van der Waals surface area contributed by atoms with E-state index in [1.807, 2.05) is 44.2 Å². The Morgan fingerprint density at radius 2 is 1.97 bits per heavy atom. The highest BCUT2D eigenvalue weighted by Crippen LogP contribution is 2.29. The third-order valence-electron chi connectivity index (χ3n) is 5.44. The first kappa shape index (κ1) is 21.5. The number of amides is 1. The molecule has 0 aliphatic carbocycles. The van der Waals surface area contributed by atoms with Gasteiger partial charge in [-0.1, -0.05) is 37.3 Å². The summed E-state index contributed by atoms with van der Waals surface area (Å²) in [5.74, 6) is 0.405. The van der Waals surface area contributed by atoms with Crippen molar-refractivity contribution in [1.29, 1.82) is 5.26 Å². The van der Waals surface area contributed by atoms with Gasteiger partial charge < -0.3 is 5.32 Å². The number of carbonyl (C=O) groups excluding carboxylic acids is 1. The molecule has 0 aliphatic heterocycles. The number of hydrogen-bond acceptors (Lipinski definition) is 5. The molecule has 160 valence electrons. The van der Waals surface area contributed by atoms with Crippen LogP contribution >= 0.6 is 11.3 Å². The van der Waals surface area contributed by atoms with Crippen LogP contribution in [0.3, 0.4) is 0 Å². The molecule has 6 nitrogen and oxygen atoms in total. The van der Waals surface area contributed by atoms with Crippen molar-refractivity contribution in [2.45, 2.75) is 33.7 Å². The molecule has 32 heavy (non-hydrogen) atoms. The standard InChI is InChI=1S/C25H22N4O2S/c1-4-20-28-24-21(25(31)29(20)14-18-10-7-9-17(12-18)13-26)16(3)22(32-24)23(30)27-19-11-6-5-8-15(19)2/h5-12H,4,14H2,1-3H3,(H,27,30). The molecule has 2 heterocycles. The minimum atomic E-state index is -0.245. The number of para-hydroxylation sites is 1. The molecule has 7 heteroatoms. The van der Waals surface area contributed by atoms with Crippen LogP contribution in [-0.4, -0.2) is 15.5 Å². The number of carbonyl (C=O) groups is 1. The summed E-state index contributed by atoms with van der Waals surface area (Å²) in [4.78, 5) is 32.2. The van der Waals surface area contributed by atoms with Crippen molar-refractivity contribution in [3.63, 3.8) is 0 Å². The van der Waals surface area contributed by atoms with Gasteiger partial charge in [0.15, 0.2) is 0 Å². The zero-order chi connectivity index (χ0) is 22.8. The number of fused-ring (bicyclic) bond motifs is 1. The second-order valence-electron chi connectivity index (χ2n) is 7.59. The first-order valence-corrected chi connectivity index (χ1v) is 11.1. The van der Waals surface area contributed by atoms with Crippen LogP contribution < -0.4 is 10.9 Å². The minimum absolute atomic E-state index is 0.169. The number of nitrogens with zero attached hydrogens (tertiary/aromatic N) is 3. The number of nitriles is 1. The molecule has 0 saturated heterocycles. The van der Waals surface area contributed by atoms with Gasteiger partial charge in [-0.2, -0.15) is 5.26 Å². The quantitative estimate of drug-likeness (QED) is 0.480. The Bertz CT molecular complexity index is 1440. The maximum Gasteiger partial charge on any atom is 0.266 e. The highest BCUT2D eigenvalue weighted by Gasteiger charge is 2.21. The van der Waals surface area contributed by atoms with E-state index in [9.17, 15) is 14.9 Å². The summed E-state index contributed by atoms with van der Waals surface area (Å²) >= 11 is 1.24. The molecule has 0 aliphatic rings. The van der Waals surface area contributed by atoms with Crippen LogP contribution in [0.5, 0.6) is 0 Å². The highest BCUT2D eigenvalue weighted by atomic mass is 32.1. The molecule has 0 radical (unpaired) electrons. The van der Waals surface area contributed by atoms with Gasteiger partial charge in [0.1, 0.15) is 10.7 Å². The molecular formula is C25H22N4O2S. The van der Waals surface area contributed by atoms with Crippen LogP contribution in [0.2, 0.25) is 0 Å². The predicted molar refractivity (Wildman–Crippen MR) is 127 cm³/mol. The average molecular weight is 443 g/mol. The summed E-state index contributed by atoms with van der Waals surface area (Å²) in [7, 11) is 0. The summed E-state index contributed by atoms with van der Waals surface area (Å²) in [5, 5.41) is 12.6. The van der Waals surface area contributed by atoms with E-state index in [0.717, 1.165) is 16.8 Å². The number of anilines is 1. The van der Waals surface area contributed by atoms with E-state index in [1.165, 1.54) is 11.3 Å². The fourth-order valence-corrected chi connectivity index (χ4v) is 4.81. The molecule has 0 spiro atoms. The normalized spacial score (nSPS) is 10.8. The molecule has 4 aromatic rings. The van der Waals surface area contributed by atoms with E-state index < -0.39 is 0 Å². The largest absolute Gasteiger partial charge is 0.321 e. The highest BCUT2D eigenvalue weighted by molar-refractivity contribution is 7.20. The number of aromatic nitrogens is 2. The molecule has 0 bridgehead atoms. The Kier molecular flexibility index (Phi) is 5.89. The molecule has 4 rings (SSSR count). The lowest BCUT2D eigenvalue weighted by molar-refractivity contribution is 0.103. The third-order valence-corrected chi connectivity index (χ3v) is 6.63. The van der Waals surface area contributed by atoms with Gasteiger partial charge >= 0.3 is 0 Å². The summed E-state index contributed by atoms with van der Waals surface area (Å²) in [5.41, 5.74) is 3.57. The molecule has 1 amide bonds. The SMILES string of the molecule is CCc1nc2sc(C(=O)Nc3ccccc3C)c(C)c2c(=O)n1Cc1cccc(C#N)c1. The Morgan fingerprint density at radius 1 is 1.19 bits per heavy atom. The number of aryl methyl sites for hydroxylation is 3. The zero-order valence-corrected chi connectivity index (χ0v) is 18.9. The Balaban J connectivity index is 1.78. The maximum atomic E-state index is 13.5. The molecular weight excluding hydrogens is 420 g/mol. The molecule has 0 fully saturated rings. The van der Waals surface area contributed by atoms with Gasteiger partial charge in [0, 0.05) is 12.1 Å². The minimum Gasteiger partial charge on any atom is -0.321 e. The van der Waals surface area contributed by atoms with E-state index in [1.54, 1.807) is 29.7 Å². The average Bonchev–Trinajstić information content (AvgIpc) is 3.13. The summed E-state index contributed by atoms with van der Waals surface area (Å²) in [6.07, 6.45) is 0.574. The first-order chi connectivity index (χ1) is 15.4. The number of thiophene rings is 1. The monoisotopic (exact) mass is 442 g/mol. The van der Waals surface area contributed by atoms with Crippen LogP contribution in [0.25, 0.3) is 10.2 Å². The summed E-state index contributed by atoms with van der Waals surface area (Å²) < 4.78 is 1.64. The smallest absolute Gasteiger partial charge is 0.266 e. The Morgan fingerprint density at radius 3 is 2.69 bits per heavy atom. The van der Waals surface area contributed by atoms with Crippen molar-refractivity contribution in [2.75, 3.05) is 5.32 Å². The first-order valence-electron chi connectivity index (χ1n) is 10.3. The molecule has 0 unspecified atom stereocenters. The molecule has 1 N–H and O–H groups in total. The van der Waals surface area contributed by atoms with Gasteiger partial charge in [-0.15, -0.1) is 11.3 Å². The second kappa shape index (κ2) is 8.77. The van der Waals surface area contributed by atoms with Crippen LogP contribution in [0.15, 0.2) is 53.3 Å². The van der Waals surface area contributed by atoms with Crippen LogP contribution in [-0.2, 0) is 13.0 Å². The van der Waals surface area contributed by atoms with E-state index in [0.29, 0.717) is 45.0 Å². The summed E-state index contributed by atoms with van der Waals surface area (Å²) in [6, 6.07) is 16.9. The van der Waals surface area contributed by atoms with E-state index in [4.69, 9.17) is 4.98 Å².